The average Bonchev–Trinajstić information content (AvgIpc) is 3.83. The van der Waals surface area contributed by atoms with E-state index in [1.165, 1.54) is 11.3 Å². The van der Waals surface area contributed by atoms with Gasteiger partial charge in [0.25, 0.3) is 5.56 Å². The SMILES string of the molecule is CCn1c(=Cc2cccc[n+]2C)sc(=C2Sc3cc(NC(=O)CCCCCNC(=O)CCCC[C@@H]4SC[C@@H]5NC(=O)N[C@@H]54)ccc3N2C)c1=O.[Cl-]. The Morgan fingerprint density at radius 1 is 1.04 bits per heavy atom. The molecule has 4 N–H and O–H groups in total. The fourth-order valence-corrected chi connectivity index (χ4v) is 10.7. The highest BCUT2D eigenvalue weighted by molar-refractivity contribution is 8.08. The van der Waals surface area contributed by atoms with Crippen LogP contribution in [-0.2, 0) is 23.2 Å². The van der Waals surface area contributed by atoms with E-state index >= 15 is 0 Å². The van der Waals surface area contributed by atoms with Gasteiger partial charge in [-0.2, -0.15) is 11.8 Å². The van der Waals surface area contributed by atoms with Gasteiger partial charge in [-0.1, -0.05) is 24.6 Å². The molecule has 274 valence electrons. The number of unbranched alkanes of at least 4 members (excludes halogenated alkanes) is 3. The Bertz CT molecular complexity index is 1930. The molecule has 15 heteroatoms. The summed E-state index contributed by atoms with van der Waals surface area (Å²) in [6.07, 6.45) is 10.2. The van der Waals surface area contributed by atoms with Crippen molar-refractivity contribution >= 4 is 75.2 Å². The first-order valence-corrected chi connectivity index (χ1v) is 20.1. The summed E-state index contributed by atoms with van der Waals surface area (Å²) in [7, 11) is 3.97. The van der Waals surface area contributed by atoms with Gasteiger partial charge in [0.2, 0.25) is 17.5 Å². The Morgan fingerprint density at radius 3 is 2.65 bits per heavy atom. The second-order valence-electron chi connectivity index (χ2n) is 12.9. The van der Waals surface area contributed by atoms with Crippen molar-refractivity contribution in [2.24, 2.45) is 7.05 Å². The lowest BCUT2D eigenvalue weighted by atomic mass is 10.0. The number of hydrogen-bond donors (Lipinski definition) is 4. The Labute approximate surface area is 317 Å². The number of nitrogens with one attached hydrogen (secondary N) is 4. The minimum Gasteiger partial charge on any atom is -1.00 e. The van der Waals surface area contributed by atoms with Crippen LogP contribution in [0.15, 0.2) is 52.3 Å². The highest BCUT2D eigenvalue weighted by Gasteiger charge is 2.42. The molecule has 2 aromatic heterocycles. The maximum Gasteiger partial charge on any atom is 0.315 e. The normalized spacial score (nSPS) is 20.4. The van der Waals surface area contributed by atoms with E-state index in [2.05, 4.69) is 32.2 Å². The summed E-state index contributed by atoms with van der Waals surface area (Å²) in [6, 6.07) is 12.3. The minimum absolute atomic E-state index is 0. The van der Waals surface area contributed by atoms with E-state index in [0.717, 1.165) is 75.9 Å². The highest BCUT2D eigenvalue weighted by Crippen LogP contribution is 2.46. The van der Waals surface area contributed by atoms with Crippen molar-refractivity contribution in [1.82, 2.24) is 20.5 Å². The second kappa shape index (κ2) is 17.8. The number of nitrogens with zero attached hydrogens (tertiary/aromatic N) is 3. The number of pyridine rings is 1. The van der Waals surface area contributed by atoms with Crippen molar-refractivity contribution in [3.8, 4) is 0 Å². The number of urea groups is 1. The smallest absolute Gasteiger partial charge is 0.315 e. The van der Waals surface area contributed by atoms with Crippen LogP contribution in [-0.4, -0.2) is 59.1 Å². The van der Waals surface area contributed by atoms with Gasteiger partial charge in [0, 0.05) is 72.8 Å². The summed E-state index contributed by atoms with van der Waals surface area (Å²) in [5, 5.41) is 13.3. The molecule has 1 aromatic carbocycles. The molecule has 0 unspecified atom stereocenters. The quantitative estimate of drug-likeness (QED) is 0.105. The van der Waals surface area contributed by atoms with E-state index in [-0.39, 0.29) is 47.9 Å². The number of halogens is 1. The number of carbonyl (C=O) groups is 3. The zero-order valence-corrected chi connectivity index (χ0v) is 32.4. The van der Waals surface area contributed by atoms with Gasteiger partial charge in [-0.25, -0.2) is 9.36 Å². The van der Waals surface area contributed by atoms with Crippen molar-refractivity contribution < 1.29 is 31.4 Å². The third-order valence-electron chi connectivity index (χ3n) is 9.39. The van der Waals surface area contributed by atoms with E-state index < -0.39 is 0 Å². The molecule has 6 rings (SSSR count). The van der Waals surface area contributed by atoms with Crippen molar-refractivity contribution in [2.45, 2.75) is 87.1 Å². The van der Waals surface area contributed by atoms with E-state index in [1.54, 1.807) is 11.8 Å². The number of rotatable bonds is 14. The Kier molecular flexibility index (Phi) is 13.6. The third kappa shape index (κ3) is 9.32. The number of hydrogen-bond acceptors (Lipinski definition) is 8. The van der Waals surface area contributed by atoms with E-state index in [0.29, 0.717) is 35.7 Å². The van der Waals surface area contributed by atoms with Gasteiger partial charge in [-0.3, -0.25) is 19.0 Å². The summed E-state index contributed by atoms with van der Waals surface area (Å²) >= 11 is 4.96. The summed E-state index contributed by atoms with van der Waals surface area (Å²) in [6.45, 7) is 3.19. The van der Waals surface area contributed by atoms with Crippen LogP contribution in [0.3, 0.4) is 0 Å². The van der Waals surface area contributed by atoms with Gasteiger partial charge < -0.3 is 38.6 Å². The van der Waals surface area contributed by atoms with Gasteiger partial charge >= 0.3 is 6.03 Å². The monoisotopic (exact) mass is 771 g/mol. The van der Waals surface area contributed by atoms with Crippen LogP contribution in [0.2, 0.25) is 0 Å². The molecule has 51 heavy (non-hydrogen) atoms. The summed E-state index contributed by atoms with van der Waals surface area (Å²) < 4.78 is 5.47. The molecule has 0 aliphatic carbocycles. The van der Waals surface area contributed by atoms with Crippen molar-refractivity contribution in [2.75, 3.05) is 29.6 Å². The fraction of sp³-hybridized carbons (Fsp3) is 0.472. The molecule has 3 aliphatic rings. The molecule has 0 spiro atoms. The molecule has 4 amide bonds. The second-order valence-corrected chi connectivity index (χ2v) is 16.3. The van der Waals surface area contributed by atoms with Crippen LogP contribution in [0.5, 0.6) is 0 Å². The van der Waals surface area contributed by atoms with Crippen LogP contribution < -0.4 is 57.9 Å². The predicted octanol–water partition coefficient (Wildman–Crippen LogP) is 0.236. The number of carbonyl (C=O) groups excluding carboxylic acids is 3. The van der Waals surface area contributed by atoms with Crippen LogP contribution in [0, 0.1) is 0 Å². The number of aromatic nitrogens is 2. The van der Waals surface area contributed by atoms with Crippen LogP contribution in [0.25, 0.3) is 11.1 Å². The molecule has 5 heterocycles. The molecule has 2 fully saturated rings. The lowest BCUT2D eigenvalue weighted by Gasteiger charge is -2.16. The van der Waals surface area contributed by atoms with E-state index in [9.17, 15) is 19.2 Å². The number of thiazole rings is 1. The maximum absolute atomic E-state index is 13.5. The molecule has 0 bridgehead atoms. The zero-order valence-electron chi connectivity index (χ0n) is 29.2. The molecule has 3 atom stereocenters. The maximum atomic E-state index is 13.5. The number of fused-ring (bicyclic) bond motifs is 2. The first-order chi connectivity index (χ1) is 24.2. The van der Waals surface area contributed by atoms with Crippen LogP contribution >= 0.6 is 34.9 Å². The van der Waals surface area contributed by atoms with Crippen molar-refractivity contribution in [3.63, 3.8) is 0 Å². The number of benzene rings is 1. The molecule has 3 aliphatic heterocycles. The minimum atomic E-state index is -0.0621. The average molecular weight is 772 g/mol. The topological polar surface area (TPSA) is 128 Å². The first kappa shape index (κ1) is 38.8. The number of aryl methyl sites for hydroxylation is 1. The standard InChI is InChI=1S/C36H45N7O4S3.ClH/c1-4-43-31(21-24-12-9-11-19-41(24)2)50-33(34(43)46)35-42(3)26-17-16-23(20-28(26)49-35)38-30(45)15-6-5-10-18-37-29(44)14-8-7-13-27-32-25(22-48-27)39-36(47)40-32;/h9,11-12,16-17,19-21,25,27,32H,4-8,10,13-15,18,22H2,1-3H3,(H3-,37,38,39,40,44,45,47);1H/t25-,27-,32-;/m0./s1. The molecule has 3 aromatic rings. The van der Waals surface area contributed by atoms with Crippen molar-refractivity contribution in [3.05, 3.63) is 67.8 Å². The van der Waals surface area contributed by atoms with Crippen molar-refractivity contribution in [1.29, 1.82) is 0 Å². The fourth-order valence-electron chi connectivity index (χ4n) is 6.61. The van der Waals surface area contributed by atoms with Gasteiger partial charge in [-0.05, 0) is 56.9 Å². The first-order valence-electron chi connectivity index (χ1n) is 17.4. The Morgan fingerprint density at radius 2 is 1.84 bits per heavy atom. The Hall–Kier alpha value is -3.46. The molecule has 0 saturated carbocycles. The molecule has 0 radical (unpaired) electrons. The van der Waals surface area contributed by atoms with Gasteiger partial charge in [0.05, 0.1) is 17.8 Å². The van der Waals surface area contributed by atoms with Crippen LogP contribution in [0.1, 0.15) is 64.0 Å². The summed E-state index contributed by atoms with van der Waals surface area (Å²) in [4.78, 5) is 53.1. The van der Waals surface area contributed by atoms with Crippen LogP contribution in [0.4, 0.5) is 16.2 Å². The molecule has 2 saturated heterocycles. The molecular formula is C36H46ClN7O4S3. The molecular weight excluding hydrogens is 726 g/mol. The third-order valence-corrected chi connectivity index (χ3v) is 13.4. The molecule has 11 nitrogen and oxygen atoms in total. The number of amides is 4. The number of anilines is 2. The van der Waals surface area contributed by atoms with Gasteiger partial charge in [-0.15, -0.1) is 11.3 Å². The van der Waals surface area contributed by atoms with Gasteiger partial charge in [0.1, 0.15) is 21.3 Å². The predicted molar refractivity (Wildman–Crippen MR) is 203 cm³/mol. The van der Waals surface area contributed by atoms with E-state index in [4.69, 9.17) is 0 Å². The highest BCUT2D eigenvalue weighted by atomic mass is 35.5. The summed E-state index contributed by atoms with van der Waals surface area (Å²) in [5.74, 6) is 0.996. The van der Waals surface area contributed by atoms with E-state index in [1.807, 2.05) is 84.5 Å². The summed E-state index contributed by atoms with van der Waals surface area (Å²) in [5.41, 5.74) is 2.76. The zero-order chi connectivity index (χ0) is 35.2. The largest absolute Gasteiger partial charge is 1.00 e. The number of thioether (sulfide) groups is 2. The lowest BCUT2D eigenvalue weighted by molar-refractivity contribution is -0.673. The lowest BCUT2D eigenvalue weighted by Crippen LogP contribution is -3.00. The Balaban J connectivity index is 0.00000504. The van der Waals surface area contributed by atoms with Gasteiger partial charge in [0.15, 0.2) is 6.20 Å².